The Morgan fingerprint density at radius 1 is 1.52 bits per heavy atom. The number of hydrogen-bond acceptors (Lipinski definition) is 6. The Balaban J connectivity index is 2.23. The lowest BCUT2D eigenvalue weighted by atomic mass is 10.2. The molecule has 9 heteroatoms. The van der Waals surface area contributed by atoms with E-state index in [0.717, 1.165) is 0 Å². The zero-order valence-electron chi connectivity index (χ0n) is 10.9. The summed E-state index contributed by atoms with van der Waals surface area (Å²) in [5, 5.41) is 27.0. The Morgan fingerprint density at radius 3 is 2.95 bits per heavy atom. The highest BCUT2D eigenvalue weighted by Crippen LogP contribution is 2.20. The second-order valence-corrected chi connectivity index (χ2v) is 3.93. The molecule has 0 saturated heterocycles. The minimum atomic E-state index is -0.536. The number of halogens is 1. The molecule has 0 radical (unpaired) electrons. The Kier molecular flexibility index (Phi) is 4.20. The maximum absolute atomic E-state index is 13.7. The predicted octanol–water partition coefficient (Wildman–Crippen LogP) is 1.27. The Labute approximate surface area is 118 Å². The number of H-pyrrole nitrogens is 1. The fourth-order valence-corrected chi connectivity index (χ4v) is 1.49. The molecule has 0 atom stereocenters. The number of aromatic amines is 1. The minimum absolute atomic E-state index is 0.0769. The topological polar surface area (TPSA) is 119 Å². The summed E-state index contributed by atoms with van der Waals surface area (Å²) in [6, 6.07) is 5.89. The first-order chi connectivity index (χ1) is 10.1. The molecule has 1 amide bonds. The molecule has 21 heavy (non-hydrogen) atoms. The molecule has 0 fully saturated rings. The lowest BCUT2D eigenvalue weighted by Gasteiger charge is -2.07. The highest BCUT2D eigenvalue weighted by molar-refractivity contribution is 5.89. The molecule has 3 N–H and O–H groups in total. The largest absolute Gasteiger partial charge is 0.358 e. The number of rotatable bonds is 4. The van der Waals surface area contributed by atoms with Gasteiger partial charge < -0.3 is 10.6 Å². The number of tetrazole rings is 1. The molecule has 0 spiro atoms. The van der Waals surface area contributed by atoms with E-state index in [1.807, 2.05) is 6.07 Å². The molecule has 0 aliphatic carbocycles. The number of carbonyl (C=O) groups is 1. The molecular weight excluding hydrogens is 277 g/mol. The second-order valence-electron chi connectivity index (χ2n) is 3.93. The lowest BCUT2D eigenvalue weighted by Crippen LogP contribution is -2.06. The zero-order chi connectivity index (χ0) is 15.2. The van der Waals surface area contributed by atoms with Gasteiger partial charge in [-0.1, -0.05) is 0 Å². The van der Waals surface area contributed by atoms with Gasteiger partial charge in [-0.2, -0.15) is 10.5 Å². The van der Waals surface area contributed by atoms with E-state index in [-0.39, 0.29) is 23.0 Å². The van der Waals surface area contributed by atoms with Gasteiger partial charge in [-0.25, -0.2) is 4.39 Å². The van der Waals surface area contributed by atoms with Gasteiger partial charge in [0.15, 0.2) is 0 Å². The van der Waals surface area contributed by atoms with E-state index in [0.29, 0.717) is 5.69 Å². The predicted molar refractivity (Wildman–Crippen MR) is 72.1 cm³/mol. The summed E-state index contributed by atoms with van der Waals surface area (Å²) in [6.45, 7) is 1.35. The first kappa shape index (κ1) is 14.1. The van der Waals surface area contributed by atoms with Gasteiger partial charge in [-0.05, 0) is 23.4 Å². The number of amides is 1. The summed E-state index contributed by atoms with van der Waals surface area (Å²) < 4.78 is 13.7. The molecule has 0 aliphatic rings. The molecule has 1 aromatic heterocycles. The van der Waals surface area contributed by atoms with Crippen LogP contribution < -0.4 is 10.6 Å². The molecule has 2 aromatic rings. The van der Waals surface area contributed by atoms with Gasteiger partial charge in [0.25, 0.3) is 0 Å². The number of allylic oxidation sites excluding steroid dienone is 1. The maximum Gasteiger partial charge on any atom is 0.221 e. The van der Waals surface area contributed by atoms with Gasteiger partial charge in [0.1, 0.15) is 17.5 Å². The number of carbonyl (C=O) groups excluding carboxylic acids is 1. The van der Waals surface area contributed by atoms with E-state index >= 15 is 0 Å². The number of benzene rings is 1. The van der Waals surface area contributed by atoms with E-state index in [2.05, 4.69) is 31.3 Å². The summed E-state index contributed by atoms with van der Waals surface area (Å²) in [6.07, 6.45) is 1.25. The van der Waals surface area contributed by atoms with Crippen LogP contribution in [0.15, 0.2) is 24.4 Å². The normalized spacial score (nSPS) is 10.8. The number of nitrogens with one attached hydrogen (secondary N) is 3. The molecule has 0 aliphatic heterocycles. The van der Waals surface area contributed by atoms with Crippen LogP contribution in [0.5, 0.6) is 0 Å². The van der Waals surface area contributed by atoms with Crippen molar-refractivity contribution >= 4 is 22.9 Å². The highest BCUT2D eigenvalue weighted by atomic mass is 19.1. The van der Waals surface area contributed by atoms with Crippen molar-refractivity contribution in [2.45, 2.75) is 6.92 Å². The average molecular weight is 287 g/mol. The van der Waals surface area contributed by atoms with Gasteiger partial charge in [-0.3, -0.25) is 4.79 Å². The fraction of sp³-hybridized carbons (Fsp3) is 0.0833. The van der Waals surface area contributed by atoms with Crippen molar-refractivity contribution in [2.75, 3.05) is 10.6 Å². The summed E-state index contributed by atoms with van der Waals surface area (Å²) in [5.74, 6) is -0.721. The van der Waals surface area contributed by atoms with Crippen molar-refractivity contribution in [2.24, 2.45) is 0 Å². The van der Waals surface area contributed by atoms with Crippen molar-refractivity contribution in [1.29, 1.82) is 5.26 Å². The zero-order valence-corrected chi connectivity index (χ0v) is 10.9. The molecule has 0 unspecified atom stereocenters. The number of hydrogen-bond donors (Lipinski definition) is 3. The van der Waals surface area contributed by atoms with Gasteiger partial charge in [0.2, 0.25) is 11.7 Å². The Bertz CT molecular complexity index is 718. The van der Waals surface area contributed by atoms with Crippen LogP contribution in [0.4, 0.5) is 15.8 Å². The monoisotopic (exact) mass is 287 g/mol. The molecule has 0 bridgehead atoms. The number of anilines is 2. The summed E-state index contributed by atoms with van der Waals surface area (Å²) in [7, 11) is 0. The molecule has 8 nitrogen and oxygen atoms in total. The van der Waals surface area contributed by atoms with Crippen LogP contribution in [0.3, 0.4) is 0 Å². The molecule has 1 aromatic carbocycles. The number of aromatic nitrogens is 4. The van der Waals surface area contributed by atoms with E-state index in [1.54, 1.807) is 0 Å². The number of nitrogens with zero attached hydrogens (tertiary/aromatic N) is 4. The first-order valence-corrected chi connectivity index (χ1v) is 5.78. The standard InChI is InChI=1S/C12H10FN7O/c1-7(21)16-9-2-3-10(13)11(4-9)15-6-8(5-14)12-17-19-20-18-12/h2-4,6,15H,1H3,(H,16,21)(H,17,18,19,20). The molecular formula is C12H10FN7O. The van der Waals surface area contributed by atoms with Crippen molar-refractivity contribution in [1.82, 2.24) is 20.6 Å². The smallest absolute Gasteiger partial charge is 0.221 e. The van der Waals surface area contributed by atoms with Crippen LogP contribution in [-0.4, -0.2) is 26.5 Å². The van der Waals surface area contributed by atoms with Gasteiger partial charge in [0.05, 0.1) is 5.69 Å². The molecule has 2 rings (SSSR count). The van der Waals surface area contributed by atoms with Crippen molar-refractivity contribution < 1.29 is 9.18 Å². The van der Waals surface area contributed by atoms with Gasteiger partial charge in [-0.15, -0.1) is 10.2 Å². The average Bonchev–Trinajstić information content (AvgIpc) is 2.96. The molecule has 1 heterocycles. The number of nitriles is 1. The van der Waals surface area contributed by atoms with Crippen LogP contribution in [0, 0.1) is 17.1 Å². The fourth-order valence-electron chi connectivity index (χ4n) is 1.49. The van der Waals surface area contributed by atoms with E-state index in [9.17, 15) is 9.18 Å². The van der Waals surface area contributed by atoms with Crippen LogP contribution in [0.2, 0.25) is 0 Å². The summed E-state index contributed by atoms with van der Waals surface area (Å²) >= 11 is 0. The van der Waals surface area contributed by atoms with Crippen LogP contribution in [0.25, 0.3) is 5.57 Å². The van der Waals surface area contributed by atoms with Crippen molar-refractivity contribution in [3.8, 4) is 6.07 Å². The first-order valence-electron chi connectivity index (χ1n) is 5.78. The quantitative estimate of drug-likeness (QED) is 0.728. The third-order valence-corrected chi connectivity index (χ3v) is 2.37. The van der Waals surface area contributed by atoms with Crippen LogP contribution >= 0.6 is 0 Å². The van der Waals surface area contributed by atoms with E-state index < -0.39 is 5.82 Å². The highest BCUT2D eigenvalue weighted by Gasteiger charge is 2.07. The van der Waals surface area contributed by atoms with E-state index in [1.165, 1.54) is 31.3 Å². The van der Waals surface area contributed by atoms with Crippen LogP contribution in [0.1, 0.15) is 12.7 Å². The Morgan fingerprint density at radius 2 is 2.33 bits per heavy atom. The molecule has 0 saturated carbocycles. The van der Waals surface area contributed by atoms with Gasteiger partial charge in [0, 0.05) is 18.8 Å². The second kappa shape index (κ2) is 6.25. The third kappa shape index (κ3) is 3.60. The van der Waals surface area contributed by atoms with Crippen LogP contribution in [-0.2, 0) is 4.79 Å². The van der Waals surface area contributed by atoms with Gasteiger partial charge >= 0.3 is 0 Å². The maximum atomic E-state index is 13.7. The van der Waals surface area contributed by atoms with Crippen molar-refractivity contribution in [3.05, 3.63) is 36.0 Å². The summed E-state index contributed by atoms with van der Waals surface area (Å²) in [4.78, 5) is 11.0. The van der Waals surface area contributed by atoms with Crippen molar-refractivity contribution in [3.63, 3.8) is 0 Å². The third-order valence-electron chi connectivity index (χ3n) is 2.37. The minimum Gasteiger partial charge on any atom is -0.358 e. The lowest BCUT2D eigenvalue weighted by molar-refractivity contribution is -0.114. The molecule has 106 valence electrons. The Hall–Kier alpha value is -3.28. The SMILES string of the molecule is CC(=O)Nc1ccc(F)c(NC=C(C#N)c2nn[nH]n2)c1. The summed E-state index contributed by atoms with van der Waals surface area (Å²) in [5.41, 5.74) is 0.600. The van der Waals surface area contributed by atoms with E-state index in [4.69, 9.17) is 5.26 Å².